The fourth-order valence-corrected chi connectivity index (χ4v) is 4.56. The molecule has 5 rings (SSSR count). The van der Waals surface area contributed by atoms with Crippen LogP contribution in [-0.4, -0.2) is 31.0 Å². The Labute approximate surface area is 190 Å². The van der Waals surface area contributed by atoms with Gasteiger partial charge in [-0.25, -0.2) is 0 Å². The van der Waals surface area contributed by atoms with Gasteiger partial charge in [-0.05, 0) is 16.7 Å². The Balaban J connectivity index is 1.26. The van der Waals surface area contributed by atoms with Gasteiger partial charge in [-0.2, -0.15) is 0 Å². The highest BCUT2D eigenvalue weighted by atomic mass is 16.6. The Kier molecular flexibility index (Phi) is 6.95. The molecule has 1 saturated carbocycles. The molecule has 2 fully saturated rings. The Morgan fingerprint density at radius 3 is 1.78 bits per heavy atom. The maximum atomic E-state index is 6.50. The molecule has 4 nitrogen and oxygen atoms in total. The van der Waals surface area contributed by atoms with Gasteiger partial charge in [0.15, 0.2) is 0 Å². The first-order valence-electron chi connectivity index (χ1n) is 11.4. The van der Waals surface area contributed by atoms with Crippen LogP contribution in [0.2, 0.25) is 0 Å². The summed E-state index contributed by atoms with van der Waals surface area (Å²) in [6.45, 7) is 2.32. The van der Waals surface area contributed by atoms with Gasteiger partial charge in [0.25, 0.3) is 0 Å². The zero-order valence-corrected chi connectivity index (χ0v) is 18.2. The fraction of sp³-hybridized carbons (Fsp3) is 0.357. The SMILES string of the molecule is c1ccc(COCC2C(OCc3ccccc3)C(OCc3ccccc3)CC3OC32)cc1. The van der Waals surface area contributed by atoms with Crippen molar-refractivity contribution in [3.05, 3.63) is 108 Å². The minimum absolute atomic E-state index is 0.0204. The van der Waals surface area contributed by atoms with Crippen LogP contribution in [0.15, 0.2) is 91.0 Å². The summed E-state index contributed by atoms with van der Waals surface area (Å²) < 4.78 is 25.1. The minimum Gasteiger partial charge on any atom is -0.376 e. The summed E-state index contributed by atoms with van der Waals surface area (Å²) in [6.07, 6.45) is 1.22. The Morgan fingerprint density at radius 1 is 0.656 bits per heavy atom. The topological polar surface area (TPSA) is 40.2 Å². The van der Waals surface area contributed by atoms with Crippen LogP contribution in [0.1, 0.15) is 23.1 Å². The van der Waals surface area contributed by atoms with Gasteiger partial charge in [0.1, 0.15) is 0 Å². The quantitative estimate of drug-likeness (QED) is 0.417. The molecule has 1 aliphatic carbocycles. The molecule has 0 amide bonds. The number of rotatable bonds is 10. The zero-order chi connectivity index (χ0) is 21.6. The summed E-state index contributed by atoms with van der Waals surface area (Å²) in [5.41, 5.74) is 3.51. The molecular weight excluding hydrogens is 400 g/mol. The van der Waals surface area contributed by atoms with Crippen LogP contribution < -0.4 is 0 Å². The summed E-state index contributed by atoms with van der Waals surface area (Å²) >= 11 is 0. The number of fused-ring (bicyclic) bond motifs is 1. The van der Waals surface area contributed by atoms with Crippen LogP contribution in [0.4, 0.5) is 0 Å². The maximum absolute atomic E-state index is 6.50. The van der Waals surface area contributed by atoms with Crippen molar-refractivity contribution in [2.24, 2.45) is 5.92 Å². The lowest BCUT2D eigenvalue weighted by molar-refractivity contribution is -0.134. The van der Waals surface area contributed by atoms with Gasteiger partial charge in [-0.3, -0.25) is 0 Å². The second-order valence-corrected chi connectivity index (χ2v) is 8.64. The molecule has 1 heterocycles. The van der Waals surface area contributed by atoms with Crippen LogP contribution in [0.3, 0.4) is 0 Å². The third kappa shape index (κ3) is 5.45. The molecule has 5 atom stereocenters. The van der Waals surface area contributed by atoms with E-state index in [-0.39, 0.29) is 30.3 Å². The number of epoxide rings is 1. The second-order valence-electron chi connectivity index (χ2n) is 8.64. The molecule has 0 radical (unpaired) electrons. The van der Waals surface area contributed by atoms with E-state index in [1.807, 2.05) is 54.6 Å². The van der Waals surface area contributed by atoms with Crippen molar-refractivity contribution in [1.29, 1.82) is 0 Å². The molecule has 3 aromatic carbocycles. The van der Waals surface area contributed by atoms with Gasteiger partial charge in [0.2, 0.25) is 0 Å². The Hall–Kier alpha value is -2.50. The van der Waals surface area contributed by atoms with E-state index in [9.17, 15) is 0 Å². The predicted molar refractivity (Wildman–Crippen MR) is 123 cm³/mol. The van der Waals surface area contributed by atoms with E-state index >= 15 is 0 Å². The molecule has 0 N–H and O–H groups in total. The largest absolute Gasteiger partial charge is 0.376 e. The first kappa shape index (κ1) is 21.4. The second kappa shape index (κ2) is 10.4. The molecule has 0 aromatic heterocycles. The standard InChI is InChI=1S/C28H30O4/c1-4-10-21(11-5-1)17-29-20-24-27(31-19-23-14-8-3-9-15-23)25(16-26-28(24)32-26)30-18-22-12-6-2-7-13-22/h1-15,24-28H,16-20H2. The first-order valence-corrected chi connectivity index (χ1v) is 11.4. The first-order chi connectivity index (χ1) is 15.9. The van der Waals surface area contributed by atoms with Gasteiger partial charge in [0, 0.05) is 12.3 Å². The van der Waals surface area contributed by atoms with E-state index in [0.29, 0.717) is 26.4 Å². The van der Waals surface area contributed by atoms with E-state index in [1.165, 1.54) is 11.1 Å². The molecule has 0 bridgehead atoms. The molecular formula is C28H30O4. The molecule has 3 aromatic rings. The molecule has 1 saturated heterocycles. The van der Waals surface area contributed by atoms with Crippen molar-refractivity contribution >= 4 is 0 Å². The van der Waals surface area contributed by atoms with E-state index in [4.69, 9.17) is 18.9 Å². The predicted octanol–water partition coefficient (Wildman–Crippen LogP) is 5.16. The van der Waals surface area contributed by atoms with Crippen LogP contribution in [-0.2, 0) is 38.8 Å². The highest BCUT2D eigenvalue weighted by Crippen LogP contribution is 2.44. The minimum atomic E-state index is -0.0709. The van der Waals surface area contributed by atoms with Crippen LogP contribution >= 0.6 is 0 Å². The van der Waals surface area contributed by atoms with Crippen molar-refractivity contribution in [3.63, 3.8) is 0 Å². The maximum Gasteiger partial charge on any atom is 0.0918 e. The lowest BCUT2D eigenvalue weighted by Gasteiger charge is -2.35. The molecule has 166 valence electrons. The molecule has 1 aliphatic heterocycles. The third-order valence-electron chi connectivity index (χ3n) is 6.31. The van der Waals surface area contributed by atoms with Crippen LogP contribution in [0.25, 0.3) is 0 Å². The average Bonchev–Trinajstić information content (AvgIpc) is 3.63. The molecule has 32 heavy (non-hydrogen) atoms. The Bertz CT molecular complexity index is 947. The van der Waals surface area contributed by atoms with Gasteiger partial charge in [-0.1, -0.05) is 91.0 Å². The van der Waals surface area contributed by atoms with Gasteiger partial charge >= 0.3 is 0 Å². The van der Waals surface area contributed by atoms with Gasteiger partial charge < -0.3 is 18.9 Å². The van der Waals surface area contributed by atoms with E-state index < -0.39 is 0 Å². The van der Waals surface area contributed by atoms with E-state index in [0.717, 1.165) is 12.0 Å². The number of benzene rings is 3. The van der Waals surface area contributed by atoms with Gasteiger partial charge in [-0.15, -0.1) is 0 Å². The molecule has 2 aliphatic rings. The van der Waals surface area contributed by atoms with Crippen molar-refractivity contribution < 1.29 is 18.9 Å². The van der Waals surface area contributed by atoms with E-state index in [1.54, 1.807) is 0 Å². The summed E-state index contributed by atoms with van der Waals surface area (Å²) in [5, 5.41) is 0. The average molecular weight is 431 g/mol. The normalized spacial score (nSPS) is 26.4. The van der Waals surface area contributed by atoms with Crippen molar-refractivity contribution in [1.82, 2.24) is 0 Å². The lowest BCUT2D eigenvalue weighted by Crippen LogP contribution is -2.47. The summed E-state index contributed by atoms with van der Waals surface area (Å²) in [6, 6.07) is 30.9. The van der Waals surface area contributed by atoms with Crippen molar-refractivity contribution in [3.8, 4) is 0 Å². The number of hydrogen-bond acceptors (Lipinski definition) is 4. The van der Waals surface area contributed by atoms with Crippen LogP contribution in [0, 0.1) is 5.92 Å². The third-order valence-corrected chi connectivity index (χ3v) is 6.31. The fourth-order valence-electron chi connectivity index (χ4n) is 4.56. The smallest absolute Gasteiger partial charge is 0.0918 e. The van der Waals surface area contributed by atoms with Crippen LogP contribution in [0.5, 0.6) is 0 Å². The molecule has 5 unspecified atom stereocenters. The molecule has 4 heteroatoms. The molecule has 0 spiro atoms. The van der Waals surface area contributed by atoms with Crippen molar-refractivity contribution in [2.75, 3.05) is 6.61 Å². The monoisotopic (exact) mass is 430 g/mol. The number of ether oxygens (including phenoxy) is 4. The highest BCUT2D eigenvalue weighted by Gasteiger charge is 2.56. The Morgan fingerprint density at radius 2 is 1.19 bits per heavy atom. The van der Waals surface area contributed by atoms with E-state index in [2.05, 4.69) is 36.4 Å². The van der Waals surface area contributed by atoms with Crippen molar-refractivity contribution in [2.45, 2.75) is 50.7 Å². The lowest BCUT2D eigenvalue weighted by atomic mass is 9.84. The zero-order valence-electron chi connectivity index (χ0n) is 18.2. The van der Waals surface area contributed by atoms with Gasteiger partial charge in [0.05, 0.1) is 50.8 Å². The summed E-state index contributed by atoms with van der Waals surface area (Å²) in [7, 11) is 0. The highest BCUT2D eigenvalue weighted by molar-refractivity contribution is 5.16. The number of hydrogen-bond donors (Lipinski definition) is 0. The summed E-state index contributed by atoms with van der Waals surface area (Å²) in [5.74, 6) is 0.155. The summed E-state index contributed by atoms with van der Waals surface area (Å²) in [4.78, 5) is 0.